The minimum atomic E-state index is -1.11. The quantitative estimate of drug-likeness (QED) is 0.792. The predicted molar refractivity (Wildman–Crippen MR) is 79.5 cm³/mol. The summed E-state index contributed by atoms with van der Waals surface area (Å²) in [4.78, 5) is 22.5. The number of hydrogen-bond donors (Lipinski definition) is 2. The zero-order valence-corrected chi connectivity index (χ0v) is 12.4. The molecule has 0 aliphatic heterocycles. The Balaban J connectivity index is 2.89. The molecule has 1 rings (SSSR count). The Morgan fingerprint density at radius 3 is 2.52 bits per heavy atom. The predicted octanol–water partition coefficient (Wildman–Crippen LogP) is 3.09. The summed E-state index contributed by atoms with van der Waals surface area (Å²) in [5, 5.41) is 11.3. The molecule has 0 radical (unpaired) electrons. The molecule has 1 amide bonds. The molecular weight excluding hydrogens is 273 g/mol. The van der Waals surface area contributed by atoms with Gasteiger partial charge in [0.15, 0.2) is 0 Å². The van der Waals surface area contributed by atoms with Crippen LogP contribution in [0.2, 0.25) is 0 Å². The minimum Gasteiger partial charge on any atom is -0.478 e. The first-order valence-corrected chi connectivity index (χ1v) is 6.86. The van der Waals surface area contributed by atoms with E-state index in [9.17, 15) is 14.0 Å². The van der Waals surface area contributed by atoms with Crippen molar-refractivity contribution < 1.29 is 19.1 Å². The molecule has 0 saturated carbocycles. The van der Waals surface area contributed by atoms with Gasteiger partial charge in [0.05, 0.1) is 5.56 Å². The van der Waals surface area contributed by atoms with Crippen LogP contribution in [0.1, 0.15) is 43.1 Å². The van der Waals surface area contributed by atoms with E-state index in [1.807, 2.05) is 20.8 Å². The number of benzene rings is 1. The SMILES string of the molecule is CCC(NC(=O)c1ccc(C=CC(=O)O)cc1F)C(C)C. The van der Waals surface area contributed by atoms with E-state index in [-0.39, 0.29) is 17.5 Å². The lowest BCUT2D eigenvalue weighted by molar-refractivity contribution is -0.131. The zero-order valence-electron chi connectivity index (χ0n) is 12.4. The van der Waals surface area contributed by atoms with Crippen LogP contribution in [0.3, 0.4) is 0 Å². The van der Waals surface area contributed by atoms with Gasteiger partial charge < -0.3 is 10.4 Å². The lowest BCUT2D eigenvalue weighted by Crippen LogP contribution is -2.38. The molecule has 0 aliphatic rings. The molecule has 5 heteroatoms. The maximum atomic E-state index is 13.9. The van der Waals surface area contributed by atoms with Crippen LogP contribution >= 0.6 is 0 Å². The van der Waals surface area contributed by atoms with E-state index in [0.717, 1.165) is 18.6 Å². The van der Waals surface area contributed by atoms with Crippen molar-refractivity contribution in [1.82, 2.24) is 5.32 Å². The molecule has 1 unspecified atom stereocenters. The van der Waals surface area contributed by atoms with Crippen molar-refractivity contribution in [2.75, 3.05) is 0 Å². The van der Waals surface area contributed by atoms with Gasteiger partial charge in [-0.15, -0.1) is 0 Å². The van der Waals surface area contributed by atoms with E-state index in [1.54, 1.807) is 0 Å². The Labute approximate surface area is 123 Å². The normalized spacial score (nSPS) is 12.6. The lowest BCUT2D eigenvalue weighted by atomic mass is 10.0. The van der Waals surface area contributed by atoms with E-state index >= 15 is 0 Å². The number of nitrogens with one attached hydrogen (secondary N) is 1. The molecular formula is C16H20FNO3. The Morgan fingerprint density at radius 1 is 1.38 bits per heavy atom. The fourth-order valence-electron chi connectivity index (χ4n) is 1.97. The number of carbonyl (C=O) groups is 2. The van der Waals surface area contributed by atoms with Gasteiger partial charge in [-0.1, -0.05) is 26.8 Å². The van der Waals surface area contributed by atoms with Crippen LogP contribution in [-0.4, -0.2) is 23.0 Å². The molecule has 114 valence electrons. The third-order valence-electron chi connectivity index (χ3n) is 3.22. The summed E-state index contributed by atoms with van der Waals surface area (Å²) in [6.07, 6.45) is 2.96. The van der Waals surface area contributed by atoms with E-state index in [2.05, 4.69) is 5.32 Å². The molecule has 0 fully saturated rings. The Morgan fingerprint density at radius 2 is 2.05 bits per heavy atom. The van der Waals surface area contributed by atoms with Gasteiger partial charge in [-0.05, 0) is 36.1 Å². The van der Waals surface area contributed by atoms with E-state index in [0.29, 0.717) is 5.56 Å². The molecule has 0 saturated heterocycles. The molecule has 4 nitrogen and oxygen atoms in total. The van der Waals surface area contributed by atoms with Crippen LogP contribution in [0.25, 0.3) is 6.08 Å². The fourth-order valence-corrected chi connectivity index (χ4v) is 1.97. The van der Waals surface area contributed by atoms with Crippen molar-refractivity contribution >= 4 is 18.0 Å². The molecule has 2 N–H and O–H groups in total. The first-order chi connectivity index (χ1) is 9.85. The van der Waals surface area contributed by atoms with Crippen molar-refractivity contribution in [3.63, 3.8) is 0 Å². The number of aliphatic carboxylic acids is 1. The summed E-state index contributed by atoms with van der Waals surface area (Å²) in [5.74, 6) is -1.97. The summed E-state index contributed by atoms with van der Waals surface area (Å²) in [5.41, 5.74) is 0.351. The smallest absolute Gasteiger partial charge is 0.328 e. The average molecular weight is 293 g/mol. The molecule has 21 heavy (non-hydrogen) atoms. The monoisotopic (exact) mass is 293 g/mol. The average Bonchev–Trinajstić information content (AvgIpc) is 2.41. The highest BCUT2D eigenvalue weighted by Crippen LogP contribution is 2.13. The van der Waals surface area contributed by atoms with Gasteiger partial charge >= 0.3 is 5.97 Å². The summed E-state index contributed by atoms with van der Waals surface area (Å²) >= 11 is 0. The third-order valence-corrected chi connectivity index (χ3v) is 3.22. The van der Waals surface area contributed by atoms with Gasteiger partial charge in [0.1, 0.15) is 5.82 Å². The van der Waals surface area contributed by atoms with Crippen LogP contribution in [0.15, 0.2) is 24.3 Å². The number of rotatable bonds is 6. The van der Waals surface area contributed by atoms with Gasteiger partial charge in [-0.2, -0.15) is 0 Å². The van der Waals surface area contributed by atoms with Crippen LogP contribution in [0, 0.1) is 11.7 Å². The van der Waals surface area contributed by atoms with Gasteiger partial charge in [0, 0.05) is 12.1 Å². The van der Waals surface area contributed by atoms with Crippen LogP contribution in [0.4, 0.5) is 4.39 Å². The van der Waals surface area contributed by atoms with Gasteiger partial charge in [0.2, 0.25) is 0 Å². The summed E-state index contributed by atoms with van der Waals surface area (Å²) in [6, 6.07) is 4.00. The van der Waals surface area contributed by atoms with Crippen molar-refractivity contribution in [1.29, 1.82) is 0 Å². The number of hydrogen-bond acceptors (Lipinski definition) is 2. The maximum Gasteiger partial charge on any atom is 0.328 e. The molecule has 1 aromatic rings. The van der Waals surface area contributed by atoms with Gasteiger partial charge in [-0.3, -0.25) is 4.79 Å². The first-order valence-electron chi connectivity index (χ1n) is 6.86. The number of halogens is 1. The third kappa shape index (κ3) is 5.02. The van der Waals surface area contributed by atoms with E-state index in [4.69, 9.17) is 5.11 Å². The zero-order chi connectivity index (χ0) is 16.0. The number of carboxylic acid groups (broad SMARTS) is 1. The molecule has 1 aromatic carbocycles. The number of carbonyl (C=O) groups excluding carboxylic acids is 1. The van der Waals surface area contributed by atoms with Crippen LogP contribution in [0.5, 0.6) is 0 Å². The maximum absolute atomic E-state index is 13.9. The molecule has 0 aromatic heterocycles. The van der Waals surface area contributed by atoms with Crippen molar-refractivity contribution in [3.8, 4) is 0 Å². The van der Waals surface area contributed by atoms with Crippen LogP contribution < -0.4 is 5.32 Å². The lowest BCUT2D eigenvalue weighted by Gasteiger charge is -2.20. The minimum absolute atomic E-state index is 0.0107. The van der Waals surface area contributed by atoms with Gasteiger partial charge in [0.25, 0.3) is 5.91 Å². The van der Waals surface area contributed by atoms with E-state index < -0.39 is 17.7 Å². The summed E-state index contributed by atoms with van der Waals surface area (Å²) < 4.78 is 13.9. The Hall–Kier alpha value is -2.17. The molecule has 0 aliphatic carbocycles. The van der Waals surface area contributed by atoms with E-state index in [1.165, 1.54) is 18.2 Å². The molecule has 1 atom stereocenters. The molecule has 0 heterocycles. The van der Waals surface area contributed by atoms with Crippen LogP contribution in [-0.2, 0) is 4.79 Å². The Bertz CT molecular complexity index is 552. The highest BCUT2D eigenvalue weighted by molar-refractivity contribution is 5.95. The Kier molecular flexibility index (Phi) is 6.09. The van der Waals surface area contributed by atoms with Gasteiger partial charge in [-0.25, -0.2) is 9.18 Å². The fraction of sp³-hybridized carbons (Fsp3) is 0.375. The number of carboxylic acids is 1. The summed E-state index contributed by atoms with van der Waals surface area (Å²) in [7, 11) is 0. The molecule has 0 spiro atoms. The topological polar surface area (TPSA) is 66.4 Å². The highest BCUT2D eigenvalue weighted by Gasteiger charge is 2.17. The van der Waals surface area contributed by atoms with Crippen molar-refractivity contribution in [2.45, 2.75) is 33.2 Å². The second-order valence-electron chi connectivity index (χ2n) is 5.14. The second-order valence-corrected chi connectivity index (χ2v) is 5.14. The first kappa shape index (κ1) is 16.9. The largest absolute Gasteiger partial charge is 0.478 e. The summed E-state index contributed by atoms with van der Waals surface area (Å²) in [6.45, 7) is 5.94. The highest BCUT2D eigenvalue weighted by atomic mass is 19.1. The second kappa shape index (κ2) is 7.57. The van der Waals surface area contributed by atoms with Crippen molar-refractivity contribution in [3.05, 3.63) is 41.2 Å². The number of amides is 1. The van der Waals surface area contributed by atoms with Crippen molar-refractivity contribution in [2.24, 2.45) is 5.92 Å². The molecule has 0 bridgehead atoms. The standard InChI is InChI=1S/C16H20FNO3/c1-4-14(10(2)3)18-16(21)12-7-5-11(9-13(12)17)6-8-15(19)20/h5-10,14H,4H2,1-3H3,(H,18,21)(H,19,20).